The minimum Gasteiger partial charge on any atom is -0.496 e. The topological polar surface area (TPSA) is 49.7 Å². The Kier molecular flexibility index (Phi) is 6.54. The number of ether oxygens (including phenoxy) is 1. The molecule has 1 fully saturated rings. The van der Waals surface area contributed by atoms with Gasteiger partial charge in [-0.2, -0.15) is 0 Å². The molecule has 1 saturated heterocycles. The molecule has 0 amide bonds. The fourth-order valence-electron chi connectivity index (χ4n) is 4.52. The van der Waals surface area contributed by atoms with Gasteiger partial charge in [0.2, 0.25) is 0 Å². The Morgan fingerprint density at radius 3 is 2.45 bits per heavy atom. The van der Waals surface area contributed by atoms with Crippen LogP contribution in [-0.2, 0) is 13.1 Å². The molecular formula is C23H33N3O2S. The van der Waals surface area contributed by atoms with Crippen molar-refractivity contribution in [3.8, 4) is 5.75 Å². The number of hydrogen-bond acceptors (Lipinski definition) is 4. The summed E-state index contributed by atoms with van der Waals surface area (Å²) >= 11 is 5.87. The molecule has 29 heavy (non-hydrogen) atoms. The van der Waals surface area contributed by atoms with E-state index in [2.05, 4.69) is 49.3 Å². The lowest BCUT2D eigenvalue weighted by Crippen LogP contribution is -2.62. The molecule has 6 heteroatoms. The van der Waals surface area contributed by atoms with Crippen LogP contribution in [0.5, 0.6) is 5.75 Å². The maximum Gasteiger partial charge on any atom is 0.169 e. The fourth-order valence-corrected chi connectivity index (χ4v) is 4.82. The average Bonchev–Trinajstić information content (AvgIpc) is 3.12. The minimum absolute atomic E-state index is 0.0590. The number of piperidine rings is 1. The highest BCUT2D eigenvalue weighted by atomic mass is 32.1. The van der Waals surface area contributed by atoms with Gasteiger partial charge in [-0.15, -0.1) is 0 Å². The van der Waals surface area contributed by atoms with E-state index < -0.39 is 0 Å². The summed E-state index contributed by atoms with van der Waals surface area (Å²) in [4.78, 5) is 2.15. The monoisotopic (exact) mass is 415 g/mol. The summed E-state index contributed by atoms with van der Waals surface area (Å²) in [6.45, 7) is 10.3. The van der Waals surface area contributed by atoms with E-state index in [9.17, 15) is 0 Å². The number of benzene rings is 1. The van der Waals surface area contributed by atoms with Crippen LogP contribution in [-0.4, -0.2) is 34.2 Å². The molecule has 0 atom stereocenters. The average molecular weight is 416 g/mol. The Hall–Kier alpha value is -2.05. The van der Waals surface area contributed by atoms with Gasteiger partial charge in [0.05, 0.1) is 19.9 Å². The third kappa shape index (κ3) is 5.97. The number of nitrogens with zero attached hydrogens (tertiary/aromatic N) is 1. The van der Waals surface area contributed by atoms with Crippen LogP contribution in [0.3, 0.4) is 0 Å². The third-order valence-electron chi connectivity index (χ3n) is 5.29. The predicted molar refractivity (Wildman–Crippen MR) is 121 cm³/mol. The number of nitrogens with one attached hydrogen (secondary N) is 2. The van der Waals surface area contributed by atoms with Crippen LogP contribution in [0.25, 0.3) is 0 Å². The molecule has 158 valence electrons. The quantitative estimate of drug-likeness (QED) is 0.679. The van der Waals surface area contributed by atoms with E-state index in [1.54, 1.807) is 13.4 Å². The highest BCUT2D eigenvalue weighted by Crippen LogP contribution is 2.29. The van der Waals surface area contributed by atoms with Gasteiger partial charge in [-0.3, -0.25) is 0 Å². The second-order valence-corrected chi connectivity index (χ2v) is 9.58. The number of furan rings is 1. The van der Waals surface area contributed by atoms with Crippen molar-refractivity contribution in [3.63, 3.8) is 0 Å². The lowest BCUT2D eigenvalue weighted by atomic mass is 9.80. The Balaban J connectivity index is 1.77. The smallest absolute Gasteiger partial charge is 0.169 e. The molecule has 0 bridgehead atoms. The van der Waals surface area contributed by atoms with Crippen LogP contribution < -0.4 is 15.4 Å². The molecule has 5 nitrogen and oxygen atoms in total. The van der Waals surface area contributed by atoms with Crippen molar-refractivity contribution in [1.29, 1.82) is 0 Å². The Bertz CT molecular complexity index is 801. The largest absolute Gasteiger partial charge is 0.496 e. The molecule has 1 aliphatic heterocycles. The second-order valence-electron chi connectivity index (χ2n) is 9.19. The highest BCUT2D eigenvalue weighted by molar-refractivity contribution is 7.80. The first-order valence-corrected chi connectivity index (χ1v) is 10.6. The van der Waals surface area contributed by atoms with Gasteiger partial charge in [0.1, 0.15) is 11.5 Å². The maximum absolute atomic E-state index is 5.87. The number of rotatable bonds is 6. The fraction of sp³-hybridized carbons (Fsp3) is 0.522. The molecular weight excluding hydrogens is 382 g/mol. The molecule has 0 radical (unpaired) electrons. The van der Waals surface area contributed by atoms with Gasteiger partial charge in [0.25, 0.3) is 0 Å². The number of hydrogen-bond donors (Lipinski definition) is 2. The van der Waals surface area contributed by atoms with Crippen molar-refractivity contribution in [2.24, 2.45) is 0 Å². The van der Waals surface area contributed by atoms with Gasteiger partial charge >= 0.3 is 0 Å². The zero-order valence-corrected chi connectivity index (χ0v) is 18.9. The van der Waals surface area contributed by atoms with Crippen molar-refractivity contribution in [2.75, 3.05) is 7.11 Å². The molecule has 2 N–H and O–H groups in total. The molecule has 0 saturated carbocycles. The van der Waals surface area contributed by atoms with Gasteiger partial charge in [-0.25, -0.2) is 0 Å². The molecule has 0 aliphatic carbocycles. The van der Waals surface area contributed by atoms with E-state index in [0.717, 1.165) is 35.0 Å². The SMILES string of the molecule is COc1ccccc1CN(Cc1ccco1)C(=S)NC1CC(C)(C)NC(C)(C)C1. The second kappa shape index (κ2) is 8.76. The molecule has 2 aromatic rings. The van der Waals surface area contributed by atoms with Crippen LogP contribution in [0.4, 0.5) is 0 Å². The van der Waals surface area contributed by atoms with E-state index in [4.69, 9.17) is 21.4 Å². The van der Waals surface area contributed by atoms with E-state index in [0.29, 0.717) is 19.1 Å². The first kappa shape index (κ1) is 21.7. The van der Waals surface area contributed by atoms with E-state index in [1.807, 2.05) is 30.3 Å². The molecule has 3 rings (SSSR count). The lowest BCUT2D eigenvalue weighted by molar-refractivity contribution is 0.153. The zero-order valence-electron chi connectivity index (χ0n) is 18.1. The van der Waals surface area contributed by atoms with Crippen molar-refractivity contribution in [2.45, 2.75) is 70.7 Å². The predicted octanol–water partition coefficient (Wildman–Crippen LogP) is 4.47. The van der Waals surface area contributed by atoms with Crippen LogP contribution in [0.2, 0.25) is 0 Å². The van der Waals surface area contributed by atoms with Crippen LogP contribution in [0.15, 0.2) is 47.1 Å². The van der Waals surface area contributed by atoms with Crippen molar-refractivity contribution in [3.05, 3.63) is 54.0 Å². The first-order chi connectivity index (χ1) is 13.7. The number of para-hydroxylation sites is 1. The maximum atomic E-state index is 5.87. The molecule has 0 spiro atoms. The molecule has 1 aromatic heterocycles. The third-order valence-corrected chi connectivity index (χ3v) is 5.66. The molecule has 1 aliphatic rings. The van der Waals surface area contributed by atoms with E-state index in [-0.39, 0.29) is 11.1 Å². The summed E-state index contributed by atoms with van der Waals surface area (Å²) in [5.74, 6) is 1.75. The first-order valence-electron chi connectivity index (χ1n) is 10.2. The summed E-state index contributed by atoms with van der Waals surface area (Å²) in [6, 6.07) is 12.3. The highest BCUT2D eigenvalue weighted by Gasteiger charge is 2.38. The van der Waals surface area contributed by atoms with Crippen molar-refractivity contribution < 1.29 is 9.15 Å². The summed E-state index contributed by atoms with van der Waals surface area (Å²) in [7, 11) is 1.70. The normalized spacial score (nSPS) is 18.2. The van der Waals surface area contributed by atoms with Crippen LogP contribution in [0, 0.1) is 0 Å². The summed E-state index contributed by atoms with van der Waals surface area (Å²) in [5.41, 5.74) is 1.21. The van der Waals surface area contributed by atoms with Crippen molar-refractivity contribution >= 4 is 17.3 Å². The molecule has 1 aromatic carbocycles. The Labute approximate surface area is 179 Å². The van der Waals surface area contributed by atoms with E-state index >= 15 is 0 Å². The van der Waals surface area contributed by atoms with Crippen molar-refractivity contribution in [1.82, 2.24) is 15.5 Å². The van der Waals surface area contributed by atoms with Gasteiger partial charge in [0, 0.05) is 29.2 Å². The van der Waals surface area contributed by atoms with Crippen LogP contribution >= 0.6 is 12.2 Å². The summed E-state index contributed by atoms with van der Waals surface area (Å²) in [6.07, 6.45) is 3.73. The Morgan fingerprint density at radius 2 is 1.83 bits per heavy atom. The summed E-state index contributed by atoms with van der Waals surface area (Å²) in [5, 5.41) is 8.10. The molecule has 2 heterocycles. The number of thiocarbonyl (C=S) groups is 1. The van der Waals surface area contributed by atoms with Gasteiger partial charge in [-0.1, -0.05) is 18.2 Å². The zero-order chi connectivity index (χ0) is 21.1. The standard InChI is InChI=1S/C23H33N3O2S/c1-22(2)13-18(14-23(3,4)25-22)24-21(29)26(16-19-10-8-12-28-19)15-17-9-6-7-11-20(17)27-5/h6-12,18,25H,13-16H2,1-5H3,(H,24,29). The lowest BCUT2D eigenvalue weighted by Gasteiger charge is -2.47. The van der Waals surface area contributed by atoms with Gasteiger partial charge < -0.3 is 24.7 Å². The molecule has 0 unspecified atom stereocenters. The van der Waals surface area contributed by atoms with Gasteiger partial charge in [-0.05, 0) is 71.0 Å². The number of methoxy groups -OCH3 is 1. The Morgan fingerprint density at radius 1 is 1.14 bits per heavy atom. The summed E-state index contributed by atoms with van der Waals surface area (Å²) < 4.78 is 11.1. The van der Waals surface area contributed by atoms with Gasteiger partial charge in [0.15, 0.2) is 5.11 Å². The van der Waals surface area contributed by atoms with Crippen LogP contribution in [0.1, 0.15) is 51.9 Å². The van der Waals surface area contributed by atoms with E-state index in [1.165, 1.54) is 0 Å². The minimum atomic E-state index is 0.0590.